The second-order valence-electron chi connectivity index (χ2n) is 4.21. The number of carboxylic acids is 1. The normalized spacial score (nSPS) is 10.7. The van der Waals surface area contributed by atoms with Crippen molar-refractivity contribution in [3.63, 3.8) is 0 Å². The second kappa shape index (κ2) is 5.01. The molecule has 0 aliphatic carbocycles. The molecule has 5 nitrogen and oxygen atoms in total. The molecule has 0 fully saturated rings. The van der Waals surface area contributed by atoms with E-state index in [1.165, 1.54) is 6.07 Å². The summed E-state index contributed by atoms with van der Waals surface area (Å²) < 4.78 is 0. The monoisotopic (exact) mass is 246 g/mol. The van der Waals surface area contributed by atoms with E-state index in [-0.39, 0.29) is 12.1 Å². The van der Waals surface area contributed by atoms with Gasteiger partial charge in [0.05, 0.1) is 6.54 Å². The first kappa shape index (κ1) is 12.3. The molecule has 0 aliphatic heterocycles. The van der Waals surface area contributed by atoms with Gasteiger partial charge in [0.15, 0.2) is 0 Å². The number of carbonyl (C=O) groups is 1. The van der Waals surface area contributed by atoms with Gasteiger partial charge in [-0.25, -0.2) is 0 Å². The minimum Gasteiger partial charge on any atom is -0.480 e. The second-order valence-corrected chi connectivity index (χ2v) is 4.21. The zero-order chi connectivity index (χ0) is 13.1. The summed E-state index contributed by atoms with van der Waals surface area (Å²) in [6.07, 6.45) is 0. The summed E-state index contributed by atoms with van der Waals surface area (Å²) in [6, 6.07) is 7.25. The quantitative estimate of drug-likeness (QED) is 0.752. The van der Waals surface area contributed by atoms with E-state index in [9.17, 15) is 9.59 Å². The Morgan fingerprint density at radius 1 is 1.39 bits per heavy atom. The zero-order valence-electron chi connectivity index (χ0n) is 9.99. The van der Waals surface area contributed by atoms with E-state index in [4.69, 9.17) is 5.11 Å². The Bertz CT molecular complexity index is 646. The van der Waals surface area contributed by atoms with Gasteiger partial charge in [0.1, 0.15) is 0 Å². The topological polar surface area (TPSA) is 82.2 Å². The molecule has 94 valence electrons. The lowest BCUT2D eigenvalue weighted by Crippen LogP contribution is -2.23. The largest absolute Gasteiger partial charge is 0.480 e. The van der Waals surface area contributed by atoms with Crippen molar-refractivity contribution in [2.75, 3.05) is 6.54 Å². The minimum atomic E-state index is -0.916. The third-order valence-corrected chi connectivity index (χ3v) is 2.68. The van der Waals surface area contributed by atoms with Crippen LogP contribution >= 0.6 is 0 Å². The lowest BCUT2D eigenvalue weighted by Gasteiger charge is -2.07. The van der Waals surface area contributed by atoms with Crippen molar-refractivity contribution in [3.8, 4) is 0 Å². The highest BCUT2D eigenvalue weighted by Crippen LogP contribution is 2.16. The van der Waals surface area contributed by atoms with Gasteiger partial charge in [-0.15, -0.1) is 0 Å². The van der Waals surface area contributed by atoms with Crippen molar-refractivity contribution in [1.29, 1.82) is 0 Å². The Morgan fingerprint density at radius 2 is 2.17 bits per heavy atom. The van der Waals surface area contributed by atoms with Crippen LogP contribution in [-0.2, 0) is 11.3 Å². The molecule has 0 radical (unpaired) electrons. The van der Waals surface area contributed by atoms with Crippen LogP contribution in [0, 0.1) is 6.92 Å². The molecule has 0 aliphatic rings. The molecule has 5 heteroatoms. The first-order valence-electron chi connectivity index (χ1n) is 5.61. The van der Waals surface area contributed by atoms with E-state index in [2.05, 4.69) is 10.3 Å². The molecule has 1 aromatic heterocycles. The molecule has 18 heavy (non-hydrogen) atoms. The van der Waals surface area contributed by atoms with Crippen LogP contribution in [0.1, 0.15) is 11.1 Å². The van der Waals surface area contributed by atoms with Gasteiger partial charge in [-0.2, -0.15) is 0 Å². The molecule has 0 saturated heterocycles. The maximum Gasteiger partial charge on any atom is 0.317 e. The van der Waals surface area contributed by atoms with Gasteiger partial charge >= 0.3 is 5.97 Å². The fourth-order valence-electron chi connectivity index (χ4n) is 1.89. The number of hydrogen-bond donors (Lipinski definition) is 3. The van der Waals surface area contributed by atoms with Crippen LogP contribution in [0.15, 0.2) is 29.1 Å². The maximum atomic E-state index is 11.5. The van der Waals surface area contributed by atoms with Gasteiger partial charge in [0.2, 0.25) is 5.56 Å². The predicted octanol–water partition coefficient (Wildman–Crippen LogP) is 1.01. The Balaban J connectivity index is 2.38. The summed E-state index contributed by atoms with van der Waals surface area (Å²) in [5, 5.41) is 12.3. The number of nitrogens with one attached hydrogen (secondary N) is 2. The van der Waals surface area contributed by atoms with E-state index in [1.807, 2.05) is 25.1 Å². The van der Waals surface area contributed by atoms with E-state index in [0.29, 0.717) is 6.54 Å². The van der Waals surface area contributed by atoms with E-state index in [1.54, 1.807) is 0 Å². The van der Waals surface area contributed by atoms with Gasteiger partial charge in [-0.3, -0.25) is 9.59 Å². The molecule has 0 spiro atoms. The average Bonchev–Trinajstić information content (AvgIpc) is 2.29. The highest BCUT2D eigenvalue weighted by molar-refractivity contribution is 5.82. The van der Waals surface area contributed by atoms with Gasteiger partial charge in [-0.05, 0) is 24.6 Å². The lowest BCUT2D eigenvalue weighted by molar-refractivity contribution is -0.135. The van der Waals surface area contributed by atoms with E-state index < -0.39 is 5.97 Å². The van der Waals surface area contributed by atoms with Crippen LogP contribution in [0.4, 0.5) is 0 Å². The number of hydrogen-bond acceptors (Lipinski definition) is 3. The molecule has 1 heterocycles. The Morgan fingerprint density at radius 3 is 2.89 bits per heavy atom. The number of aryl methyl sites for hydroxylation is 1. The lowest BCUT2D eigenvalue weighted by atomic mass is 10.1. The Labute approximate surface area is 103 Å². The van der Waals surface area contributed by atoms with Crippen molar-refractivity contribution in [1.82, 2.24) is 10.3 Å². The van der Waals surface area contributed by atoms with Gasteiger partial charge < -0.3 is 15.4 Å². The predicted molar refractivity (Wildman–Crippen MR) is 68.6 cm³/mol. The summed E-state index contributed by atoms with van der Waals surface area (Å²) in [4.78, 5) is 24.7. The number of fused-ring (bicyclic) bond motifs is 1. The van der Waals surface area contributed by atoms with Crippen molar-refractivity contribution >= 4 is 16.9 Å². The number of pyridine rings is 1. The average molecular weight is 246 g/mol. The summed E-state index contributed by atoms with van der Waals surface area (Å²) in [5.74, 6) is -0.916. The first-order valence-corrected chi connectivity index (χ1v) is 5.61. The number of carboxylic acid groups (broad SMARTS) is 1. The molecule has 1 aromatic carbocycles. The van der Waals surface area contributed by atoms with Crippen LogP contribution in [0.25, 0.3) is 10.9 Å². The molecular weight excluding hydrogens is 232 g/mol. The number of benzene rings is 1. The molecule has 0 unspecified atom stereocenters. The molecule has 2 aromatic rings. The van der Waals surface area contributed by atoms with Crippen molar-refractivity contribution in [3.05, 3.63) is 45.7 Å². The molecule has 2 rings (SSSR count). The van der Waals surface area contributed by atoms with Crippen LogP contribution in [0.2, 0.25) is 0 Å². The van der Waals surface area contributed by atoms with E-state index >= 15 is 0 Å². The molecule has 3 N–H and O–H groups in total. The van der Waals surface area contributed by atoms with Gasteiger partial charge in [0.25, 0.3) is 0 Å². The number of rotatable bonds is 4. The maximum absolute atomic E-state index is 11.5. The summed E-state index contributed by atoms with van der Waals surface area (Å²) in [5.41, 5.74) is 2.48. The standard InChI is InChI=1S/C13H14N2O3/c1-8-2-3-11-10(4-8)9(5-12(16)15-11)6-14-7-13(17)18/h2-5,14H,6-7H2,1H3,(H,15,16)(H,17,18). The van der Waals surface area contributed by atoms with Crippen molar-refractivity contribution < 1.29 is 9.90 Å². The number of H-pyrrole nitrogens is 1. The van der Waals surface area contributed by atoms with Crippen molar-refractivity contribution in [2.24, 2.45) is 0 Å². The SMILES string of the molecule is Cc1ccc2[nH]c(=O)cc(CNCC(=O)O)c2c1. The smallest absolute Gasteiger partial charge is 0.317 e. The fourth-order valence-corrected chi connectivity index (χ4v) is 1.89. The number of aliphatic carboxylic acids is 1. The Hall–Kier alpha value is -2.14. The van der Waals surface area contributed by atoms with Crippen LogP contribution in [0.5, 0.6) is 0 Å². The van der Waals surface area contributed by atoms with Crippen LogP contribution in [0.3, 0.4) is 0 Å². The third kappa shape index (κ3) is 2.75. The molecular formula is C13H14N2O3. The first-order chi connectivity index (χ1) is 8.56. The van der Waals surface area contributed by atoms with Crippen LogP contribution in [-0.4, -0.2) is 22.6 Å². The van der Waals surface area contributed by atoms with E-state index in [0.717, 1.165) is 22.0 Å². The zero-order valence-corrected chi connectivity index (χ0v) is 9.99. The summed E-state index contributed by atoms with van der Waals surface area (Å²) in [6.45, 7) is 2.20. The van der Waals surface area contributed by atoms with Gasteiger partial charge in [-0.1, -0.05) is 11.6 Å². The highest BCUT2D eigenvalue weighted by atomic mass is 16.4. The fraction of sp³-hybridized carbons (Fsp3) is 0.231. The van der Waals surface area contributed by atoms with Crippen molar-refractivity contribution in [2.45, 2.75) is 13.5 Å². The van der Waals surface area contributed by atoms with Crippen LogP contribution < -0.4 is 10.9 Å². The molecule has 0 saturated carbocycles. The highest BCUT2D eigenvalue weighted by Gasteiger charge is 2.04. The third-order valence-electron chi connectivity index (χ3n) is 2.68. The van der Waals surface area contributed by atoms with Gasteiger partial charge in [0, 0.05) is 23.5 Å². The summed E-state index contributed by atoms with van der Waals surface area (Å²) in [7, 11) is 0. The molecule has 0 bridgehead atoms. The molecule has 0 amide bonds. The number of aromatic nitrogens is 1. The molecule has 0 atom stereocenters. The Kier molecular flexibility index (Phi) is 3.43. The number of aromatic amines is 1. The summed E-state index contributed by atoms with van der Waals surface area (Å²) >= 11 is 0. The minimum absolute atomic E-state index is 0.125.